The van der Waals surface area contributed by atoms with E-state index in [-0.39, 0.29) is 5.41 Å². The van der Waals surface area contributed by atoms with Gasteiger partial charge in [0.2, 0.25) is 11.8 Å². The molecule has 0 bridgehead atoms. The molecule has 0 radical (unpaired) electrons. The van der Waals surface area contributed by atoms with Crippen LogP contribution in [0.25, 0.3) is 0 Å². The van der Waals surface area contributed by atoms with Gasteiger partial charge in [-0.3, -0.25) is 0 Å². The number of hydrogen-bond acceptors (Lipinski definition) is 4. The molecular formula is C12H20N2O2. The van der Waals surface area contributed by atoms with Crippen molar-refractivity contribution >= 4 is 5.69 Å². The van der Waals surface area contributed by atoms with Crippen molar-refractivity contribution in [3.8, 4) is 11.8 Å². The maximum absolute atomic E-state index is 5.75. The molecule has 2 N–H and O–H groups in total. The van der Waals surface area contributed by atoms with E-state index in [0.29, 0.717) is 24.1 Å². The van der Waals surface area contributed by atoms with Crippen molar-refractivity contribution in [1.82, 2.24) is 4.98 Å². The van der Waals surface area contributed by atoms with Crippen LogP contribution in [0.15, 0.2) is 12.1 Å². The van der Waals surface area contributed by atoms with E-state index in [4.69, 9.17) is 15.2 Å². The van der Waals surface area contributed by atoms with Gasteiger partial charge in [-0.2, -0.15) is 4.98 Å². The van der Waals surface area contributed by atoms with Gasteiger partial charge in [0.1, 0.15) is 0 Å². The highest BCUT2D eigenvalue weighted by Crippen LogP contribution is 2.24. The van der Waals surface area contributed by atoms with E-state index in [1.54, 1.807) is 19.2 Å². The van der Waals surface area contributed by atoms with Gasteiger partial charge in [0.05, 0.1) is 19.4 Å². The standard InChI is InChI=1S/C12H20N2O2/c1-12(2,3)7-8-16-11-9(13)5-6-10(14-11)15-4/h5-6H,7-8,13H2,1-4H3. The van der Waals surface area contributed by atoms with Gasteiger partial charge < -0.3 is 15.2 Å². The van der Waals surface area contributed by atoms with Gasteiger partial charge in [-0.15, -0.1) is 0 Å². The number of nitrogen functional groups attached to an aromatic ring is 1. The minimum Gasteiger partial charge on any atom is -0.481 e. The van der Waals surface area contributed by atoms with E-state index in [2.05, 4.69) is 25.8 Å². The SMILES string of the molecule is COc1ccc(N)c(OCCC(C)(C)C)n1. The summed E-state index contributed by atoms with van der Waals surface area (Å²) in [6.45, 7) is 7.10. The molecule has 1 heterocycles. The third-order valence-electron chi connectivity index (χ3n) is 2.16. The Labute approximate surface area is 96.8 Å². The molecule has 0 saturated heterocycles. The summed E-state index contributed by atoms with van der Waals surface area (Å²) in [6.07, 6.45) is 0.950. The second kappa shape index (κ2) is 5.05. The molecular weight excluding hydrogens is 204 g/mol. The minimum absolute atomic E-state index is 0.244. The fraction of sp³-hybridized carbons (Fsp3) is 0.583. The topological polar surface area (TPSA) is 57.4 Å². The molecule has 0 amide bonds. The number of hydrogen-bond donors (Lipinski definition) is 1. The first-order chi connectivity index (χ1) is 7.42. The molecule has 0 spiro atoms. The fourth-order valence-electron chi connectivity index (χ4n) is 1.12. The van der Waals surface area contributed by atoms with Crippen LogP contribution in [0.4, 0.5) is 5.69 Å². The van der Waals surface area contributed by atoms with Crippen molar-refractivity contribution in [2.45, 2.75) is 27.2 Å². The average molecular weight is 224 g/mol. The zero-order chi connectivity index (χ0) is 12.2. The van der Waals surface area contributed by atoms with Crippen LogP contribution < -0.4 is 15.2 Å². The minimum atomic E-state index is 0.244. The van der Waals surface area contributed by atoms with Crippen molar-refractivity contribution in [2.75, 3.05) is 19.5 Å². The second-order valence-corrected chi connectivity index (χ2v) is 4.91. The van der Waals surface area contributed by atoms with Crippen molar-refractivity contribution in [1.29, 1.82) is 0 Å². The van der Waals surface area contributed by atoms with Gasteiger partial charge in [0.25, 0.3) is 0 Å². The van der Waals surface area contributed by atoms with Gasteiger partial charge in [0.15, 0.2) is 0 Å². The van der Waals surface area contributed by atoms with Crippen molar-refractivity contribution in [3.63, 3.8) is 0 Å². The molecule has 0 aromatic carbocycles. The highest BCUT2D eigenvalue weighted by atomic mass is 16.5. The van der Waals surface area contributed by atoms with Crippen molar-refractivity contribution in [3.05, 3.63) is 12.1 Å². The fourth-order valence-corrected chi connectivity index (χ4v) is 1.12. The molecule has 90 valence electrons. The number of pyridine rings is 1. The summed E-state index contributed by atoms with van der Waals surface area (Å²) >= 11 is 0. The van der Waals surface area contributed by atoms with Crippen LogP contribution in [0.5, 0.6) is 11.8 Å². The lowest BCUT2D eigenvalue weighted by molar-refractivity contribution is 0.235. The number of methoxy groups -OCH3 is 1. The van der Waals surface area contributed by atoms with E-state index in [1.807, 2.05) is 0 Å². The average Bonchev–Trinajstić information content (AvgIpc) is 2.19. The van der Waals surface area contributed by atoms with E-state index in [1.165, 1.54) is 0 Å². The van der Waals surface area contributed by atoms with Gasteiger partial charge >= 0.3 is 0 Å². The van der Waals surface area contributed by atoms with Crippen LogP contribution in [0.3, 0.4) is 0 Å². The molecule has 0 fully saturated rings. The van der Waals surface area contributed by atoms with Gasteiger partial charge in [-0.1, -0.05) is 20.8 Å². The number of nitrogens with two attached hydrogens (primary N) is 1. The first-order valence-corrected chi connectivity index (χ1v) is 5.36. The van der Waals surface area contributed by atoms with E-state index in [0.717, 1.165) is 6.42 Å². The predicted molar refractivity (Wildman–Crippen MR) is 64.8 cm³/mol. The zero-order valence-electron chi connectivity index (χ0n) is 10.4. The van der Waals surface area contributed by atoms with Gasteiger partial charge in [-0.05, 0) is 17.9 Å². The van der Waals surface area contributed by atoms with Gasteiger partial charge in [0, 0.05) is 6.07 Å². The van der Waals surface area contributed by atoms with Crippen molar-refractivity contribution < 1.29 is 9.47 Å². The van der Waals surface area contributed by atoms with Gasteiger partial charge in [-0.25, -0.2) is 0 Å². The zero-order valence-corrected chi connectivity index (χ0v) is 10.4. The molecule has 0 atom stereocenters. The molecule has 0 aliphatic rings. The quantitative estimate of drug-likeness (QED) is 0.853. The third kappa shape index (κ3) is 3.96. The van der Waals surface area contributed by atoms with E-state index in [9.17, 15) is 0 Å². The lowest BCUT2D eigenvalue weighted by Crippen LogP contribution is -2.12. The summed E-state index contributed by atoms with van der Waals surface area (Å²) < 4.78 is 10.5. The van der Waals surface area contributed by atoms with E-state index >= 15 is 0 Å². The largest absolute Gasteiger partial charge is 0.481 e. The van der Waals surface area contributed by atoms with Crippen LogP contribution in [0.1, 0.15) is 27.2 Å². The summed E-state index contributed by atoms with van der Waals surface area (Å²) in [6, 6.07) is 3.45. The molecule has 0 unspecified atom stereocenters. The monoisotopic (exact) mass is 224 g/mol. The summed E-state index contributed by atoms with van der Waals surface area (Å²) in [4.78, 5) is 4.14. The summed E-state index contributed by atoms with van der Waals surface area (Å²) in [7, 11) is 1.57. The Bertz CT molecular complexity index is 345. The number of nitrogens with zero attached hydrogens (tertiary/aromatic N) is 1. The third-order valence-corrected chi connectivity index (χ3v) is 2.16. The Balaban J connectivity index is 2.59. The second-order valence-electron chi connectivity index (χ2n) is 4.91. The lowest BCUT2D eigenvalue weighted by atomic mass is 9.93. The number of aromatic nitrogens is 1. The summed E-state index contributed by atoms with van der Waals surface area (Å²) in [5.41, 5.74) is 6.53. The Morgan fingerprint density at radius 3 is 2.56 bits per heavy atom. The number of ether oxygens (including phenoxy) is 2. The predicted octanol–water partition coefficient (Wildman–Crippen LogP) is 2.49. The summed E-state index contributed by atoms with van der Waals surface area (Å²) in [5.74, 6) is 0.962. The number of rotatable bonds is 4. The molecule has 4 nitrogen and oxygen atoms in total. The normalized spacial score (nSPS) is 11.2. The maximum Gasteiger partial charge on any atom is 0.240 e. The van der Waals surface area contributed by atoms with Crippen molar-refractivity contribution in [2.24, 2.45) is 5.41 Å². The number of anilines is 1. The Kier molecular flexibility index (Phi) is 3.99. The highest BCUT2D eigenvalue weighted by molar-refractivity contribution is 5.49. The Morgan fingerprint density at radius 1 is 1.31 bits per heavy atom. The first-order valence-electron chi connectivity index (χ1n) is 5.36. The molecule has 0 aliphatic heterocycles. The lowest BCUT2D eigenvalue weighted by Gasteiger charge is -2.18. The Hall–Kier alpha value is -1.45. The molecule has 1 aromatic rings. The smallest absolute Gasteiger partial charge is 0.240 e. The highest BCUT2D eigenvalue weighted by Gasteiger charge is 2.11. The molecule has 1 rings (SSSR count). The summed E-state index contributed by atoms with van der Waals surface area (Å²) in [5, 5.41) is 0. The Morgan fingerprint density at radius 2 is 2.00 bits per heavy atom. The molecule has 4 heteroatoms. The van der Waals surface area contributed by atoms with Crippen LogP contribution >= 0.6 is 0 Å². The van der Waals surface area contributed by atoms with Crippen LogP contribution in [-0.4, -0.2) is 18.7 Å². The molecule has 16 heavy (non-hydrogen) atoms. The van der Waals surface area contributed by atoms with Crippen LogP contribution in [0, 0.1) is 5.41 Å². The first kappa shape index (κ1) is 12.6. The molecule has 1 aromatic heterocycles. The van der Waals surface area contributed by atoms with Crippen LogP contribution in [0.2, 0.25) is 0 Å². The van der Waals surface area contributed by atoms with E-state index < -0.39 is 0 Å². The maximum atomic E-state index is 5.75. The molecule has 0 aliphatic carbocycles. The molecule has 0 saturated carbocycles. The van der Waals surface area contributed by atoms with Crippen LogP contribution in [-0.2, 0) is 0 Å².